The number of hydrogen-bond donors (Lipinski definition) is 0. The van der Waals surface area contributed by atoms with E-state index in [1.54, 1.807) is 6.92 Å². The average Bonchev–Trinajstić information content (AvgIpc) is 2.32. The van der Waals surface area contributed by atoms with Gasteiger partial charge >= 0.3 is 5.97 Å². The third kappa shape index (κ3) is 1.56. The normalized spacial score (nSPS) is 23.2. The van der Waals surface area contributed by atoms with Crippen LogP contribution in [0.5, 0.6) is 0 Å². The smallest absolute Gasteiger partial charge is 0.327 e. The van der Waals surface area contributed by atoms with Crippen molar-refractivity contribution >= 4 is 39.4 Å². The van der Waals surface area contributed by atoms with E-state index in [9.17, 15) is 9.59 Å². The summed E-state index contributed by atoms with van der Waals surface area (Å²) in [7, 11) is 1.28. The summed E-state index contributed by atoms with van der Waals surface area (Å²) in [4.78, 5) is 23.1. The summed E-state index contributed by atoms with van der Waals surface area (Å²) in [5.74, 6) is -0.692. The van der Waals surface area contributed by atoms with Gasteiger partial charge in [0.25, 0.3) is 0 Å². The summed E-state index contributed by atoms with van der Waals surface area (Å²) >= 11 is 4.33. The lowest BCUT2D eigenvalue weighted by Gasteiger charge is -2.03. The standard InChI is InChI=1S/C7H7BrO3S/c1-3-4(8)5(9)6(12-3)7(10)11-2/h6H,1-2H3. The summed E-state index contributed by atoms with van der Waals surface area (Å²) in [5.41, 5.74) is 0. The zero-order chi connectivity index (χ0) is 9.30. The van der Waals surface area contributed by atoms with E-state index in [0.717, 1.165) is 4.91 Å². The fourth-order valence-electron chi connectivity index (χ4n) is 0.833. The van der Waals surface area contributed by atoms with Gasteiger partial charge in [-0.1, -0.05) is 0 Å². The van der Waals surface area contributed by atoms with E-state index < -0.39 is 11.2 Å². The second-order valence-corrected chi connectivity index (χ2v) is 4.37. The SMILES string of the molecule is COC(=O)C1SC(C)=C(Br)C1=O. The molecule has 0 radical (unpaired) electrons. The monoisotopic (exact) mass is 250 g/mol. The number of esters is 1. The first-order valence-electron chi connectivity index (χ1n) is 3.23. The third-order valence-corrected chi connectivity index (χ3v) is 3.92. The van der Waals surface area contributed by atoms with Gasteiger partial charge in [-0.15, -0.1) is 11.8 Å². The molecular weight excluding hydrogens is 244 g/mol. The van der Waals surface area contributed by atoms with Crippen molar-refractivity contribution in [2.45, 2.75) is 12.2 Å². The number of rotatable bonds is 1. The van der Waals surface area contributed by atoms with Crippen molar-refractivity contribution in [1.29, 1.82) is 0 Å². The number of allylic oxidation sites excluding steroid dienone is 2. The lowest BCUT2D eigenvalue weighted by atomic mass is 10.2. The number of ketones is 1. The highest BCUT2D eigenvalue weighted by atomic mass is 79.9. The Morgan fingerprint density at radius 1 is 1.67 bits per heavy atom. The highest BCUT2D eigenvalue weighted by Gasteiger charge is 2.36. The Hall–Kier alpha value is -0.290. The van der Waals surface area contributed by atoms with E-state index in [1.807, 2.05) is 0 Å². The molecule has 0 aromatic carbocycles. The minimum absolute atomic E-state index is 0.204. The fourth-order valence-corrected chi connectivity index (χ4v) is 2.47. The average molecular weight is 251 g/mol. The maximum atomic E-state index is 11.3. The van der Waals surface area contributed by atoms with Crippen molar-refractivity contribution in [3.63, 3.8) is 0 Å². The van der Waals surface area contributed by atoms with E-state index in [-0.39, 0.29) is 5.78 Å². The zero-order valence-electron chi connectivity index (χ0n) is 6.59. The molecule has 1 rings (SSSR count). The zero-order valence-corrected chi connectivity index (χ0v) is 8.99. The van der Waals surface area contributed by atoms with Crippen LogP contribution in [0.15, 0.2) is 9.39 Å². The van der Waals surface area contributed by atoms with Crippen molar-refractivity contribution in [3.8, 4) is 0 Å². The van der Waals surface area contributed by atoms with Gasteiger partial charge in [-0.05, 0) is 22.9 Å². The van der Waals surface area contributed by atoms with Gasteiger partial charge in [0.2, 0.25) is 0 Å². The van der Waals surface area contributed by atoms with Gasteiger partial charge in [0, 0.05) is 4.91 Å². The van der Waals surface area contributed by atoms with Crippen molar-refractivity contribution in [2.24, 2.45) is 0 Å². The van der Waals surface area contributed by atoms with Gasteiger partial charge < -0.3 is 4.74 Å². The predicted molar refractivity (Wildman–Crippen MR) is 50.0 cm³/mol. The predicted octanol–water partition coefficient (Wildman–Crippen LogP) is 1.47. The molecule has 0 bridgehead atoms. The summed E-state index contributed by atoms with van der Waals surface area (Å²) in [5, 5.41) is -0.704. The van der Waals surface area contributed by atoms with Crippen LogP contribution in [0.25, 0.3) is 0 Å². The molecule has 12 heavy (non-hydrogen) atoms. The molecule has 3 nitrogen and oxygen atoms in total. The van der Waals surface area contributed by atoms with Crippen molar-refractivity contribution in [3.05, 3.63) is 9.39 Å². The van der Waals surface area contributed by atoms with Crippen LogP contribution in [0.3, 0.4) is 0 Å². The van der Waals surface area contributed by atoms with Gasteiger partial charge in [-0.25, -0.2) is 0 Å². The van der Waals surface area contributed by atoms with Crippen LogP contribution in [-0.4, -0.2) is 24.1 Å². The van der Waals surface area contributed by atoms with Crippen LogP contribution >= 0.6 is 27.7 Å². The number of Topliss-reactive ketones (excluding diaryl/α,β-unsaturated/α-hetero) is 1. The number of hydrogen-bond acceptors (Lipinski definition) is 4. The second kappa shape index (κ2) is 3.62. The molecule has 1 atom stereocenters. The fraction of sp³-hybridized carbons (Fsp3) is 0.429. The first-order chi connectivity index (χ1) is 5.57. The van der Waals surface area contributed by atoms with Gasteiger partial charge in [0.05, 0.1) is 11.6 Å². The number of carbonyl (C=O) groups excluding carboxylic acids is 2. The first kappa shape index (κ1) is 9.80. The van der Waals surface area contributed by atoms with E-state index in [1.165, 1.54) is 18.9 Å². The summed E-state index contributed by atoms with van der Waals surface area (Å²) in [6, 6.07) is 0. The molecule has 5 heteroatoms. The number of ether oxygens (including phenoxy) is 1. The summed E-state index contributed by atoms with van der Waals surface area (Å²) < 4.78 is 4.96. The number of carbonyl (C=O) groups is 2. The highest BCUT2D eigenvalue weighted by molar-refractivity contribution is 9.12. The lowest BCUT2D eigenvalue weighted by Crippen LogP contribution is -2.24. The van der Waals surface area contributed by atoms with Crippen molar-refractivity contribution in [1.82, 2.24) is 0 Å². The van der Waals surface area contributed by atoms with Crippen LogP contribution in [0, 0.1) is 0 Å². The highest BCUT2D eigenvalue weighted by Crippen LogP contribution is 2.37. The molecule has 0 amide bonds. The second-order valence-electron chi connectivity index (χ2n) is 2.26. The molecule has 0 fully saturated rings. The molecule has 0 saturated carbocycles. The number of halogens is 1. The Kier molecular flexibility index (Phi) is 2.95. The van der Waals surface area contributed by atoms with Gasteiger partial charge in [0.1, 0.15) is 0 Å². The third-order valence-electron chi connectivity index (χ3n) is 1.47. The molecule has 1 unspecified atom stereocenters. The Morgan fingerprint density at radius 3 is 2.58 bits per heavy atom. The molecule has 1 aliphatic heterocycles. The molecule has 1 heterocycles. The van der Waals surface area contributed by atoms with Crippen molar-refractivity contribution in [2.75, 3.05) is 7.11 Å². The largest absolute Gasteiger partial charge is 0.468 e. The molecule has 1 aliphatic rings. The lowest BCUT2D eigenvalue weighted by molar-refractivity contribution is -0.141. The minimum atomic E-state index is -0.704. The van der Waals surface area contributed by atoms with E-state index in [2.05, 4.69) is 20.7 Å². The van der Waals surface area contributed by atoms with Gasteiger partial charge in [-0.2, -0.15) is 0 Å². The minimum Gasteiger partial charge on any atom is -0.468 e. The molecule has 0 aromatic rings. The number of thioether (sulfide) groups is 1. The molecule has 0 spiro atoms. The Labute approximate surface area is 82.7 Å². The van der Waals surface area contributed by atoms with E-state index in [0.29, 0.717) is 4.48 Å². The summed E-state index contributed by atoms with van der Waals surface area (Å²) in [6.45, 7) is 1.79. The van der Waals surface area contributed by atoms with Gasteiger partial charge in [0.15, 0.2) is 11.0 Å². The Bertz CT molecular complexity index is 272. The van der Waals surface area contributed by atoms with E-state index >= 15 is 0 Å². The summed E-state index contributed by atoms with van der Waals surface area (Å²) in [6.07, 6.45) is 0. The maximum absolute atomic E-state index is 11.3. The molecule has 0 N–H and O–H groups in total. The topological polar surface area (TPSA) is 43.4 Å². The first-order valence-corrected chi connectivity index (χ1v) is 4.90. The van der Waals surface area contributed by atoms with Crippen LogP contribution in [-0.2, 0) is 14.3 Å². The van der Waals surface area contributed by atoms with Crippen LogP contribution in [0.4, 0.5) is 0 Å². The molecule has 0 saturated heterocycles. The van der Waals surface area contributed by atoms with Crippen LogP contribution in [0.1, 0.15) is 6.92 Å². The molecule has 0 aliphatic carbocycles. The number of methoxy groups -OCH3 is 1. The molecular formula is C7H7BrO3S. The molecule has 66 valence electrons. The molecule has 0 aromatic heterocycles. The van der Waals surface area contributed by atoms with E-state index in [4.69, 9.17) is 0 Å². The van der Waals surface area contributed by atoms with Crippen molar-refractivity contribution < 1.29 is 14.3 Å². The quantitative estimate of drug-likeness (QED) is 0.523. The van der Waals surface area contributed by atoms with Crippen LogP contribution < -0.4 is 0 Å². The van der Waals surface area contributed by atoms with Gasteiger partial charge in [-0.3, -0.25) is 9.59 Å². The maximum Gasteiger partial charge on any atom is 0.327 e. The Balaban J connectivity index is 2.80. The Morgan fingerprint density at radius 2 is 2.25 bits per heavy atom. The van der Waals surface area contributed by atoms with Crippen LogP contribution in [0.2, 0.25) is 0 Å².